The van der Waals surface area contributed by atoms with Crippen molar-refractivity contribution in [1.82, 2.24) is 25.3 Å². The molecule has 0 bridgehead atoms. The average molecular weight is 391 g/mol. The third kappa shape index (κ3) is 3.98. The summed E-state index contributed by atoms with van der Waals surface area (Å²) in [6, 6.07) is 6.88. The number of nitrogens with one attached hydrogen (secondary N) is 1. The molecule has 4 heterocycles. The maximum Gasteiger partial charge on any atom is 0.270 e. The molecule has 29 heavy (non-hydrogen) atoms. The van der Waals surface area contributed by atoms with E-state index in [9.17, 15) is 9.59 Å². The van der Waals surface area contributed by atoms with E-state index in [1.807, 2.05) is 19.1 Å². The van der Waals surface area contributed by atoms with Crippen LogP contribution in [0.15, 0.2) is 42.9 Å². The number of primary amides is 1. The van der Waals surface area contributed by atoms with Crippen LogP contribution >= 0.6 is 0 Å². The van der Waals surface area contributed by atoms with Crippen LogP contribution in [0.1, 0.15) is 40.6 Å². The quantitative estimate of drug-likeness (QED) is 0.686. The summed E-state index contributed by atoms with van der Waals surface area (Å²) < 4.78 is 0. The van der Waals surface area contributed by atoms with E-state index in [-0.39, 0.29) is 22.7 Å². The monoisotopic (exact) mass is 391 g/mol. The van der Waals surface area contributed by atoms with Gasteiger partial charge in [0.2, 0.25) is 5.91 Å². The van der Waals surface area contributed by atoms with Gasteiger partial charge in [0.25, 0.3) is 5.91 Å². The third-order valence-corrected chi connectivity index (χ3v) is 5.20. The molecule has 1 saturated heterocycles. The molecule has 0 saturated carbocycles. The Labute approximate surface area is 167 Å². The van der Waals surface area contributed by atoms with Crippen LogP contribution in [0, 0.1) is 0 Å². The van der Waals surface area contributed by atoms with Gasteiger partial charge in [-0.1, -0.05) is 0 Å². The maximum atomic E-state index is 12.6. The minimum Gasteiger partial charge on any atom is -0.366 e. The molecule has 3 N–H and O–H groups in total. The molecule has 0 atom stereocenters. The Morgan fingerprint density at radius 3 is 2.52 bits per heavy atom. The van der Waals surface area contributed by atoms with Gasteiger partial charge < -0.3 is 16.0 Å². The van der Waals surface area contributed by atoms with Gasteiger partial charge in [-0.05, 0) is 44.0 Å². The highest BCUT2D eigenvalue weighted by molar-refractivity contribution is 5.95. The minimum absolute atomic E-state index is 0.258. The molecule has 1 aliphatic rings. The highest BCUT2D eigenvalue weighted by atomic mass is 16.2. The topological polar surface area (TPSA) is 127 Å². The van der Waals surface area contributed by atoms with E-state index < -0.39 is 5.91 Å². The van der Waals surface area contributed by atoms with Crippen molar-refractivity contribution in [2.75, 3.05) is 18.0 Å². The van der Waals surface area contributed by atoms with Gasteiger partial charge in [0.1, 0.15) is 17.0 Å². The molecule has 3 aromatic heterocycles. The Hall–Kier alpha value is -3.62. The van der Waals surface area contributed by atoms with Gasteiger partial charge in [-0.3, -0.25) is 19.6 Å². The van der Waals surface area contributed by atoms with E-state index in [4.69, 9.17) is 5.73 Å². The Morgan fingerprint density at radius 2 is 1.83 bits per heavy atom. The zero-order valence-corrected chi connectivity index (χ0v) is 16.0. The van der Waals surface area contributed by atoms with Crippen molar-refractivity contribution in [3.8, 4) is 0 Å². The number of hydrogen-bond acceptors (Lipinski definition) is 7. The number of aromatic nitrogens is 4. The van der Waals surface area contributed by atoms with Crippen LogP contribution in [0.3, 0.4) is 0 Å². The minimum atomic E-state index is -0.572. The lowest BCUT2D eigenvalue weighted by Crippen LogP contribution is -2.53. The summed E-state index contributed by atoms with van der Waals surface area (Å²) in [7, 11) is 0. The summed E-state index contributed by atoms with van der Waals surface area (Å²) in [5.41, 5.74) is 6.77. The third-order valence-electron chi connectivity index (χ3n) is 5.20. The van der Waals surface area contributed by atoms with Crippen molar-refractivity contribution in [3.05, 3.63) is 54.1 Å². The van der Waals surface area contributed by atoms with Crippen LogP contribution in [0.25, 0.3) is 11.2 Å². The Kier molecular flexibility index (Phi) is 4.79. The number of pyridine rings is 2. The smallest absolute Gasteiger partial charge is 0.270 e. The second kappa shape index (κ2) is 7.42. The number of amides is 2. The molecule has 1 fully saturated rings. The van der Waals surface area contributed by atoms with E-state index >= 15 is 0 Å². The van der Waals surface area contributed by atoms with Crippen molar-refractivity contribution in [3.63, 3.8) is 0 Å². The van der Waals surface area contributed by atoms with Crippen LogP contribution in [0.4, 0.5) is 5.82 Å². The lowest BCUT2D eigenvalue weighted by Gasteiger charge is -2.40. The molecule has 1 aliphatic heterocycles. The second-order valence-corrected chi connectivity index (χ2v) is 7.37. The van der Waals surface area contributed by atoms with E-state index in [0.717, 1.165) is 37.3 Å². The average Bonchev–Trinajstić information content (AvgIpc) is 2.74. The maximum absolute atomic E-state index is 12.6. The first-order valence-corrected chi connectivity index (χ1v) is 9.35. The number of nitrogens with zero attached hydrogens (tertiary/aromatic N) is 5. The fourth-order valence-corrected chi connectivity index (χ4v) is 3.39. The van der Waals surface area contributed by atoms with Crippen LogP contribution in [-0.4, -0.2) is 50.4 Å². The van der Waals surface area contributed by atoms with E-state index in [0.29, 0.717) is 5.65 Å². The summed E-state index contributed by atoms with van der Waals surface area (Å²) in [6.07, 6.45) is 6.12. The van der Waals surface area contributed by atoms with Gasteiger partial charge in [-0.25, -0.2) is 9.97 Å². The predicted octanol–water partition coefficient (Wildman–Crippen LogP) is 1.31. The second-order valence-electron chi connectivity index (χ2n) is 7.37. The molecule has 4 rings (SSSR count). The van der Waals surface area contributed by atoms with E-state index in [1.54, 1.807) is 12.4 Å². The molecular formula is C20H21N7O2. The lowest BCUT2D eigenvalue weighted by molar-refractivity contribution is 0.0884. The van der Waals surface area contributed by atoms with E-state index in [2.05, 4.69) is 30.2 Å². The first-order chi connectivity index (χ1) is 13.9. The van der Waals surface area contributed by atoms with Crippen LogP contribution in [-0.2, 0) is 0 Å². The van der Waals surface area contributed by atoms with Crippen LogP contribution < -0.4 is 16.0 Å². The number of nitrogens with two attached hydrogens (primary N) is 1. The summed E-state index contributed by atoms with van der Waals surface area (Å²) >= 11 is 0. The largest absolute Gasteiger partial charge is 0.366 e. The molecule has 9 nitrogen and oxygen atoms in total. The molecule has 0 unspecified atom stereocenters. The number of carbonyl (C=O) groups excluding carboxylic acids is 2. The number of rotatable bonds is 4. The fourth-order valence-electron chi connectivity index (χ4n) is 3.39. The number of hydrogen-bond donors (Lipinski definition) is 2. The number of fused-ring (bicyclic) bond motifs is 1. The Bertz CT molecular complexity index is 1060. The number of carbonyl (C=O) groups is 2. The summed E-state index contributed by atoms with van der Waals surface area (Å²) in [5, 5.41) is 3.07. The summed E-state index contributed by atoms with van der Waals surface area (Å²) in [5.74, 6) is 0.0169. The highest BCUT2D eigenvalue weighted by Gasteiger charge is 2.32. The Morgan fingerprint density at radius 1 is 1.07 bits per heavy atom. The molecule has 2 amide bonds. The van der Waals surface area contributed by atoms with Crippen molar-refractivity contribution in [2.45, 2.75) is 25.3 Å². The lowest BCUT2D eigenvalue weighted by atomic mass is 9.89. The fraction of sp³-hybridized carbons (Fsp3) is 0.300. The van der Waals surface area contributed by atoms with Gasteiger partial charge >= 0.3 is 0 Å². The van der Waals surface area contributed by atoms with Gasteiger partial charge in [-0.2, -0.15) is 0 Å². The van der Waals surface area contributed by atoms with Gasteiger partial charge in [0.15, 0.2) is 5.65 Å². The zero-order chi connectivity index (χ0) is 20.4. The molecule has 3 aromatic rings. The standard InChI is InChI=1S/C20H21N7O2/c1-20(26-19(29)15-3-2-13(12-24-15)17(21)28)6-10-27(11-7-20)16-5-4-14-18(25-16)23-9-8-22-14/h2-5,8-9,12H,6-7,10-11H2,1H3,(H2,21,28)(H,26,29). The molecule has 0 aromatic carbocycles. The zero-order valence-electron chi connectivity index (χ0n) is 16.0. The highest BCUT2D eigenvalue weighted by Crippen LogP contribution is 2.26. The molecule has 0 radical (unpaired) electrons. The first-order valence-electron chi connectivity index (χ1n) is 9.35. The van der Waals surface area contributed by atoms with E-state index in [1.165, 1.54) is 18.3 Å². The van der Waals surface area contributed by atoms with Gasteiger partial charge in [0, 0.05) is 37.2 Å². The molecule has 0 aliphatic carbocycles. The predicted molar refractivity (Wildman–Crippen MR) is 107 cm³/mol. The first kappa shape index (κ1) is 18.7. The Balaban J connectivity index is 1.40. The van der Waals surface area contributed by atoms with Crippen molar-refractivity contribution in [2.24, 2.45) is 5.73 Å². The van der Waals surface area contributed by atoms with Gasteiger partial charge in [0.05, 0.1) is 5.56 Å². The molecule has 9 heteroatoms. The molecule has 0 spiro atoms. The van der Waals surface area contributed by atoms with Crippen LogP contribution in [0.5, 0.6) is 0 Å². The SMILES string of the molecule is CC1(NC(=O)c2ccc(C(N)=O)cn2)CCN(c2ccc3nccnc3n2)CC1. The van der Waals surface area contributed by atoms with Crippen molar-refractivity contribution >= 4 is 28.8 Å². The molecule has 148 valence electrons. The number of anilines is 1. The normalized spacial score (nSPS) is 15.8. The molecular weight excluding hydrogens is 370 g/mol. The van der Waals surface area contributed by atoms with Crippen molar-refractivity contribution < 1.29 is 9.59 Å². The summed E-state index contributed by atoms with van der Waals surface area (Å²) in [6.45, 7) is 3.53. The summed E-state index contributed by atoms with van der Waals surface area (Å²) in [4.78, 5) is 43.0. The van der Waals surface area contributed by atoms with Crippen molar-refractivity contribution in [1.29, 1.82) is 0 Å². The van der Waals surface area contributed by atoms with Gasteiger partial charge in [-0.15, -0.1) is 0 Å². The number of piperidine rings is 1. The van der Waals surface area contributed by atoms with Crippen LogP contribution in [0.2, 0.25) is 0 Å².